The highest BCUT2D eigenvalue weighted by Crippen LogP contribution is 2.16. The van der Waals surface area contributed by atoms with Gasteiger partial charge in [0.15, 0.2) is 0 Å². The Labute approximate surface area is 125 Å². The summed E-state index contributed by atoms with van der Waals surface area (Å²) in [7, 11) is 1.81. The Balaban J connectivity index is 1.90. The molecule has 1 heterocycles. The molecule has 4 nitrogen and oxygen atoms in total. The number of nitrogens with zero attached hydrogens (tertiary/aromatic N) is 2. The van der Waals surface area contributed by atoms with Crippen molar-refractivity contribution in [1.82, 2.24) is 9.88 Å². The van der Waals surface area contributed by atoms with Gasteiger partial charge in [-0.15, -0.1) is 0 Å². The molecule has 0 atom stereocenters. The summed E-state index contributed by atoms with van der Waals surface area (Å²) < 4.78 is 0. The van der Waals surface area contributed by atoms with Gasteiger partial charge in [0, 0.05) is 31.7 Å². The third kappa shape index (κ3) is 4.31. The van der Waals surface area contributed by atoms with Crippen LogP contribution in [0.3, 0.4) is 0 Å². The molecule has 2 rings (SSSR count). The van der Waals surface area contributed by atoms with E-state index in [9.17, 15) is 4.79 Å². The fraction of sp³-hybridized carbons (Fsp3) is 0.294. The molecule has 4 heteroatoms. The first-order valence-corrected chi connectivity index (χ1v) is 7.04. The van der Waals surface area contributed by atoms with Crippen LogP contribution in [-0.4, -0.2) is 29.5 Å². The lowest BCUT2D eigenvalue weighted by Crippen LogP contribution is -2.33. The number of hydrogen-bond donors (Lipinski definition) is 1. The number of aryl methyl sites for hydroxylation is 2. The van der Waals surface area contributed by atoms with E-state index in [1.807, 2.05) is 38.1 Å². The molecule has 2 aromatic rings. The topological polar surface area (TPSA) is 45.2 Å². The molecule has 21 heavy (non-hydrogen) atoms. The molecule has 0 fully saturated rings. The molecule has 2 amide bonds. The van der Waals surface area contributed by atoms with Crippen LogP contribution >= 0.6 is 0 Å². The van der Waals surface area contributed by atoms with Gasteiger partial charge in [0.05, 0.1) is 0 Å². The lowest BCUT2D eigenvalue weighted by atomic mass is 10.1. The maximum Gasteiger partial charge on any atom is 0.321 e. The Kier molecular flexibility index (Phi) is 4.93. The second-order valence-corrected chi connectivity index (χ2v) is 5.28. The number of nitrogens with one attached hydrogen (secondary N) is 1. The minimum atomic E-state index is -0.0870. The highest BCUT2D eigenvalue weighted by Gasteiger charge is 2.10. The molecular formula is C17H21N3O. The van der Waals surface area contributed by atoms with Gasteiger partial charge in [0.1, 0.15) is 0 Å². The summed E-state index contributed by atoms with van der Waals surface area (Å²) in [6.45, 7) is 4.71. The van der Waals surface area contributed by atoms with Gasteiger partial charge in [-0.2, -0.15) is 0 Å². The summed E-state index contributed by atoms with van der Waals surface area (Å²) in [6, 6.07) is 9.85. The number of likely N-dealkylation sites (N-methyl/N-ethyl adjacent to an activating group) is 1. The lowest BCUT2D eigenvalue weighted by Gasteiger charge is -2.19. The highest BCUT2D eigenvalue weighted by molar-refractivity contribution is 5.90. The van der Waals surface area contributed by atoms with E-state index in [4.69, 9.17) is 0 Å². The molecule has 0 saturated carbocycles. The fourth-order valence-corrected chi connectivity index (χ4v) is 2.11. The van der Waals surface area contributed by atoms with E-state index in [2.05, 4.69) is 16.4 Å². The summed E-state index contributed by atoms with van der Waals surface area (Å²) in [5.74, 6) is 0. The Morgan fingerprint density at radius 3 is 2.57 bits per heavy atom. The molecule has 110 valence electrons. The summed E-state index contributed by atoms with van der Waals surface area (Å²) in [6.07, 6.45) is 4.36. The number of amides is 2. The van der Waals surface area contributed by atoms with Gasteiger partial charge in [-0.3, -0.25) is 4.98 Å². The first-order valence-electron chi connectivity index (χ1n) is 7.04. The Morgan fingerprint density at radius 1 is 1.19 bits per heavy atom. The Bertz CT molecular complexity index is 611. The van der Waals surface area contributed by atoms with Gasteiger partial charge in [-0.25, -0.2) is 4.79 Å². The second-order valence-electron chi connectivity index (χ2n) is 5.28. The summed E-state index contributed by atoms with van der Waals surface area (Å²) in [5.41, 5.74) is 4.31. The van der Waals surface area contributed by atoms with Crippen molar-refractivity contribution in [2.24, 2.45) is 0 Å². The van der Waals surface area contributed by atoms with Crippen LogP contribution in [0.1, 0.15) is 16.7 Å². The number of urea groups is 1. The van der Waals surface area contributed by atoms with E-state index in [0.29, 0.717) is 6.54 Å². The molecule has 1 aromatic heterocycles. The summed E-state index contributed by atoms with van der Waals surface area (Å²) in [5, 5.41) is 2.95. The van der Waals surface area contributed by atoms with Crippen molar-refractivity contribution in [3.63, 3.8) is 0 Å². The molecule has 0 saturated heterocycles. The van der Waals surface area contributed by atoms with Crippen molar-refractivity contribution in [1.29, 1.82) is 0 Å². The minimum Gasteiger partial charge on any atom is -0.327 e. The quantitative estimate of drug-likeness (QED) is 0.934. The number of anilines is 1. The van der Waals surface area contributed by atoms with Crippen molar-refractivity contribution >= 4 is 11.7 Å². The minimum absolute atomic E-state index is 0.0870. The van der Waals surface area contributed by atoms with Crippen LogP contribution in [0.5, 0.6) is 0 Å². The molecule has 0 radical (unpaired) electrons. The summed E-state index contributed by atoms with van der Waals surface area (Å²) >= 11 is 0. The predicted octanol–water partition coefficient (Wildman–Crippen LogP) is 3.40. The zero-order valence-electron chi connectivity index (χ0n) is 12.8. The van der Waals surface area contributed by atoms with Gasteiger partial charge >= 0.3 is 6.03 Å². The molecule has 1 N–H and O–H groups in total. The Morgan fingerprint density at radius 2 is 1.90 bits per heavy atom. The van der Waals surface area contributed by atoms with Crippen LogP contribution < -0.4 is 5.32 Å². The molecule has 0 bridgehead atoms. The molecule has 1 aromatic carbocycles. The largest absolute Gasteiger partial charge is 0.327 e. The number of benzene rings is 1. The van der Waals surface area contributed by atoms with Gasteiger partial charge < -0.3 is 10.2 Å². The van der Waals surface area contributed by atoms with Crippen LogP contribution in [0.25, 0.3) is 0 Å². The van der Waals surface area contributed by atoms with E-state index in [1.54, 1.807) is 24.3 Å². The van der Waals surface area contributed by atoms with Crippen LogP contribution in [0.4, 0.5) is 10.5 Å². The van der Waals surface area contributed by atoms with E-state index in [1.165, 1.54) is 11.1 Å². The predicted molar refractivity (Wildman–Crippen MR) is 85.5 cm³/mol. The highest BCUT2D eigenvalue weighted by atomic mass is 16.2. The number of pyridine rings is 1. The molecule has 0 unspecified atom stereocenters. The van der Waals surface area contributed by atoms with Crippen LogP contribution in [0.2, 0.25) is 0 Å². The number of carbonyl (C=O) groups excluding carboxylic acids is 1. The van der Waals surface area contributed by atoms with Crippen molar-refractivity contribution < 1.29 is 4.79 Å². The first kappa shape index (κ1) is 15.0. The van der Waals surface area contributed by atoms with E-state index in [-0.39, 0.29) is 6.03 Å². The van der Waals surface area contributed by atoms with Crippen molar-refractivity contribution in [2.45, 2.75) is 20.3 Å². The molecule has 0 spiro atoms. The number of rotatable bonds is 4. The zero-order chi connectivity index (χ0) is 15.2. The van der Waals surface area contributed by atoms with E-state index < -0.39 is 0 Å². The Hall–Kier alpha value is -2.36. The first-order chi connectivity index (χ1) is 10.1. The van der Waals surface area contributed by atoms with Gasteiger partial charge in [-0.1, -0.05) is 17.7 Å². The van der Waals surface area contributed by atoms with Crippen molar-refractivity contribution in [3.8, 4) is 0 Å². The van der Waals surface area contributed by atoms with E-state index in [0.717, 1.165) is 17.7 Å². The monoisotopic (exact) mass is 283 g/mol. The average molecular weight is 283 g/mol. The smallest absolute Gasteiger partial charge is 0.321 e. The maximum atomic E-state index is 12.2. The normalized spacial score (nSPS) is 10.2. The molecule has 0 aliphatic carbocycles. The number of hydrogen-bond acceptors (Lipinski definition) is 2. The maximum absolute atomic E-state index is 12.2. The second kappa shape index (κ2) is 6.88. The van der Waals surface area contributed by atoms with Gasteiger partial charge in [0.25, 0.3) is 0 Å². The zero-order valence-corrected chi connectivity index (χ0v) is 12.8. The van der Waals surface area contributed by atoms with Crippen molar-refractivity contribution in [3.05, 3.63) is 59.4 Å². The number of carbonyl (C=O) groups is 1. The average Bonchev–Trinajstić information content (AvgIpc) is 2.48. The lowest BCUT2D eigenvalue weighted by molar-refractivity contribution is 0.223. The van der Waals surface area contributed by atoms with Gasteiger partial charge in [0.2, 0.25) is 0 Å². The fourth-order valence-electron chi connectivity index (χ4n) is 2.11. The third-order valence-electron chi connectivity index (χ3n) is 3.46. The van der Waals surface area contributed by atoms with Crippen LogP contribution in [0, 0.1) is 13.8 Å². The van der Waals surface area contributed by atoms with Crippen LogP contribution in [-0.2, 0) is 6.42 Å². The third-order valence-corrected chi connectivity index (χ3v) is 3.46. The SMILES string of the molecule is Cc1ccc(NC(=O)N(C)CCc2ccncc2)c(C)c1. The van der Waals surface area contributed by atoms with Crippen molar-refractivity contribution in [2.75, 3.05) is 18.9 Å². The molecule has 0 aliphatic rings. The van der Waals surface area contributed by atoms with Crippen LogP contribution in [0.15, 0.2) is 42.7 Å². The number of aromatic nitrogens is 1. The molecule has 0 aliphatic heterocycles. The van der Waals surface area contributed by atoms with E-state index >= 15 is 0 Å². The summed E-state index contributed by atoms with van der Waals surface area (Å²) in [4.78, 5) is 17.9. The molecular weight excluding hydrogens is 262 g/mol. The standard InChI is InChI=1S/C17H21N3O/c1-13-4-5-16(14(2)12-13)19-17(21)20(3)11-8-15-6-9-18-10-7-15/h4-7,9-10,12H,8,11H2,1-3H3,(H,19,21). The van der Waals surface area contributed by atoms with Gasteiger partial charge in [-0.05, 0) is 49.6 Å².